The van der Waals surface area contributed by atoms with Crippen LogP contribution in [0.3, 0.4) is 0 Å². The van der Waals surface area contributed by atoms with E-state index in [1.165, 1.54) is 17.8 Å². The van der Waals surface area contributed by atoms with Gasteiger partial charge in [-0.1, -0.05) is 72.0 Å². The number of halogens is 4. The van der Waals surface area contributed by atoms with Crippen LogP contribution in [0.5, 0.6) is 0 Å². The third-order valence-electron chi connectivity index (χ3n) is 4.81. The first-order chi connectivity index (χ1) is 16.1. The first kappa shape index (κ1) is 26.6. The largest absolute Gasteiger partial charge is 0.342 e. The summed E-state index contributed by atoms with van der Waals surface area (Å²) in [5.74, 6) is 0.0363. The second-order valence-electron chi connectivity index (χ2n) is 7.68. The van der Waals surface area contributed by atoms with Crippen LogP contribution in [0.2, 0.25) is 20.1 Å². The molecular formula is C22H21Cl4N5O2S. The van der Waals surface area contributed by atoms with E-state index in [0.717, 1.165) is 0 Å². The van der Waals surface area contributed by atoms with Crippen LogP contribution in [0.25, 0.3) is 0 Å². The fraction of sp³-hybridized carbons (Fsp3) is 0.273. The van der Waals surface area contributed by atoms with E-state index < -0.39 is 6.04 Å². The fourth-order valence-corrected chi connectivity index (χ4v) is 4.72. The number of nitrogens with one attached hydrogen (secondary N) is 2. The summed E-state index contributed by atoms with van der Waals surface area (Å²) in [6, 6.07) is 9.08. The van der Waals surface area contributed by atoms with Crippen LogP contribution in [-0.4, -0.2) is 32.3 Å². The highest BCUT2D eigenvalue weighted by molar-refractivity contribution is 7.99. The summed E-state index contributed by atoms with van der Waals surface area (Å²) in [7, 11) is 1.78. The number of benzene rings is 2. The number of carbonyl (C=O) groups excluding carboxylic acids is 2. The smallest absolute Gasteiger partial charge is 0.253 e. The minimum Gasteiger partial charge on any atom is -0.342 e. The summed E-state index contributed by atoms with van der Waals surface area (Å²) in [6.07, 6.45) is 0. The molecule has 2 aromatic carbocycles. The molecule has 3 aromatic rings. The Balaban J connectivity index is 1.69. The molecule has 12 heteroatoms. The highest BCUT2D eigenvalue weighted by Gasteiger charge is 2.26. The van der Waals surface area contributed by atoms with Gasteiger partial charge < -0.3 is 15.2 Å². The molecule has 1 unspecified atom stereocenters. The van der Waals surface area contributed by atoms with Gasteiger partial charge in [-0.15, -0.1) is 10.2 Å². The summed E-state index contributed by atoms with van der Waals surface area (Å²) in [6.45, 7) is 3.92. The molecule has 7 nitrogen and oxygen atoms in total. The lowest BCUT2D eigenvalue weighted by Crippen LogP contribution is -2.33. The first-order valence-electron chi connectivity index (χ1n) is 10.1. The number of anilines is 1. The topological polar surface area (TPSA) is 88.9 Å². The Morgan fingerprint density at radius 1 is 1.00 bits per heavy atom. The van der Waals surface area contributed by atoms with Gasteiger partial charge in [0.25, 0.3) is 5.91 Å². The molecule has 0 bridgehead atoms. The van der Waals surface area contributed by atoms with Crippen molar-refractivity contribution in [3.8, 4) is 0 Å². The van der Waals surface area contributed by atoms with Crippen LogP contribution < -0.4 is 10.6 Å². The van der Waals surface area contributed by atoms with Crippen molar-refractivity contribution in [2.24, 2.45) is 13.0 Å². The highest BCUT2D eigenvalue weighted by atomic mass is 35.5. The van der Waals surface area contributed by atoms with E-state index in [-0.39, 0.29) is 28.5 Å². The zero-order valence-electron chi connectivity index (χ0n) is 18.4. The van der Waals surface area contributed by atoms with Crippen molar-refractivity contribution >= 4 is 75.7 Å². The standard InChI is InChI=1S/C22H21Cl4N5O2S/c1-11(2)19(28-21(33)14-6-4-12(23)8-15(14)25)20-29-30-22(31(20)3)34-10-18(32)27-17-7-5-13(24)9-16(17)26/h4-9,11,19H,10H2,1-3H3,(H,27,32)(H,28,33). The molecule has 0 saturated heterocycles. The summed E-state index contributed by atoms with van der Waals surface area (Å²) >= 11 is 25.3. The summed E-state index contributed by atoms with van der Waals surface area (Å²) in [4.78, 5) is 25.2. The Morgan fingerprint density at radius 3 is 2.26 bits per heavy atom. The summed E-state index contributed by atoms with van der Waals surface area (Å²) < 4.78 is 1.75. The second kappa shape index (κ2) is 11.6. The normalized spacial score (nSPS) is 12.0. The van der Waals surface area contributed by atoms with Crippen LogP contribution >= 0.6 is 58.2 Å². The van der Waals surface area contributed by atoms with Crippen molar-refractivity contribution in [3.63, 3.8) is 0 Å². The number of amides is 2. The molecule has 0 aliphatic heterocycles. The van der Waals surface area contributed by atoms with Crippen LogP contribution in [0.1, 0.15) is 36.1 Å². The highest BCUT2D eigenvalue weighted by Crippen LogP contribution is 2.28. The van der Waals surface area contributed by atoms with Crippen LogP contribution in [0.15, 0.2) is 41.6 Å². The van der Waals surface area contributed by atoms with Crippen LogP contribution in [0.4, 0.5) is 5.69 Å². The molecule has 2 N–H and O–H groups in total. The molecule has 2 amide bonds. The van der Waals surface area contributed by atoms with Crippen molar-refractivity contribution < 1.29 is 9.59 Å². The maximum atomic E-state index is 12.8. The number of aromatic nitrogens is 3. The lowest BCUT2D eigenvalue weighted by molar-refractivity contribution is -0.113. The molecule has 0 saturated carbocycles. The zero-order valence-corrected chi connectivity index (χ0v) is 22.2. The number of carbonyl (C=O) groups is 2. The molecule has 0 aliphatic rings. The van der Waals surface area contributed by atoms with E-state index in [4.69, 9.17) is 46.4 Å². The second-order valence-corrected chi connectivity index (χ2v) is 10.3. The quantitative estimate of drug-likeness (QED) is 0.316. The Labute approximate surface area is 221 Å². The maximum absolute atomic E-state index is 12.8. The Hall–Kier alpha value is -1.97. The molecule has 0 aliphatic carbocycles. The van der Waals surface area contributed by atoms with E-state index in [0.29, 0.717) is 37.3 Å². The number of rotatable bonds is 8. The molecule has 1 aromatic heterocycles. The fourth-order valence-electron chi connectivity index (χ4n) is 3.05. The SMILES string of the molecule is CC(C)C(NC(=O)c1ccc(Cl)cc1Cl)c1nnc(SCC(=O)Nc2ccc(Cl)cc2Cl)n1C. The van der Waals surface area contributed by atoms with Gasteiger partial charge in [0.1, 0.15) is 0 Å². The molecule has 0 fully saturated rings. The molecule has 180 valence electrons. The van der Waals surface area contributed by atoms with E-state index in [2.05, 4.69) is 20.8 Å². The van der Waals surface area contributed by atoms with Gasteiger partial charge in [0, 0.05) is 17.1 Å². The van der Waals surface area contributed by atoms with Crippen molar-refractivity contribution in [1.82, 2.24) is 20.1 Å². The molecule has 1 heterocycles. The van der Waals surface area contributed by atoms with E-state index in [9.17, 15) is 9.59 Å². The van der Waals surface area contributed by atoms with Crippen molar-refractivity contribution in [2.75, 3.05) is 11.1 Å². The van der Waals surface area contributed by atoms with Gasteiger partial charge in [-0.2, -0.15) is 0 Å². The average Bonchev–Trinajstić information content (AvgIpc) is 3.12. The van der Waals surface area contributed by atoms with Gasteiger partial charge in [-0.05, 0) is 42.3 Å². The first-order valence-corrected chi connectivity index (χ1v) is 12.6. The van der Waals surface area contributed by atoms with Gasteiger partial charge in [-0.3, -0.25) is 9.59 Å². The van der Waals surface area contributed by atoms with Gasteiger partial charge in [0.15, 0.2) is 11.0 Å². The average molecular weight is 561 g/mol. The predicted octanol–water partition coefficient (Wildman–Crippen LogP) is 6.29. The van der Waals surface area contributed by atoms with E-state index in [1.54, 1.807) is 41.9 Å². The minimum atomic E-state index is -0.437. The minimum absolute atomic E-state index is 0.00567. The third kappa shape index (κ3) is 6.58. The van der Waals surface area contributed by atoms with E-state index in [1.807, 2.05) is 13.8 Å². The van der Waals surface area contributed by atoms with Crippen molar-refractivity contribution in [2.45, 2.75) is 25.0 Å². The van der Waals surface area contributed by atoms with Gasteiger partial charge >= 0.3 is 0 Å². The van der Waals surface area contributed by atoms with Crippen LogP contribution in [-0.2, 0) is 11.8 Å². The monoisotopic (exact) mass is 559 g/mol. The maximum Gasteiger partial charge on any atom is 0.253 e. The summed E-state index contributed by atoms with van der Waals surface area (Å²) in [5.41, 5.74) is 0.782. The Kier molecular flexibility index (Phi) is 9.12. The van der Waals surface area contributed by atoms with Crippen LogP contribution in [0, 0.1) is 5.92 Å². The Morgan fingerprint density at radius 2 is 1.65 bits per heavy atom. The lowest BCUT2D eigenvalue weighted by Gasteiger charge is -2.22. The van der Waals surface area contributed by atoms with Gasteiger partial charge in [-0.25, -0.2) is 0 Å². The van der Waals surface area contributed by atoms with E-state index >= 15 is 0 Å². The third-order valence-corrected chi connectivity index (χ3v) is 6.93. The lowest BCUT2D eigenvalue weighted by atomic mass is 10.0. The number of hydrogen-bond donors (Lipinski definition) is 2. The molecule has 0 radical (unpaired) electrons. The molecule has 3 rings (SSSR count). The van der Waals surface area contributed by atoms with Gasteiger partial charge in [0.2, 0.25) is 5.91 Å². The van der Waals surface area contributed by atoms with Gasteiger partial charge in [0.05, 0.1) is 33.1 Å². The zero-order chi connectivity index (χ0) is 25.0. The van der Waals surface area contributed by atoms with Crippen molar-refractivity contribution in [1.29, 1.82) is 0 Å². The predicted molar refractivity (Wildman–Crippen MR) is 138 cm³/mol. The molecule has 34 heavy (non-hydrogen) atoms. The number of nitrogens with zero attached hydrogens (tertiary/aromatic N) is 3. The number of thioether (sulfide) groups is 1. The Bertz CT molecular complexity index is 1220. The number of hydrogen-bond acceptors (Lipinski definition) is 5. The summed E-state index contributed by atoms with van der Waals surface area (Å²) in [5, 5.41) is 16.2. The van der Waals surface area contributed by atoms with Crippen molar-refractivity contribution in [3.05, 3.63) is 67.9 Å². The molecular weight excluding hydrogens is 540 g/mol. The molecule has 1 atom stereocenters. The molecule has 0 spiro atoms.